The van der Waals surface area contributed by atoms with E-state index in [2.05, 4.69) is 46.4 Å². The number of hydrogen-bond acceptors (Lipinski definition) is 24. The summed E-state index contributed by atoms with van der Waals surface area (Å²) in [5, 5.41) is 37.4. The highest BCUT2D eigenvalue weighted by atomic mass is 32.2. The van der Waals surface area contributed by atoms with Crippen LogP contribution in [-0.2, 0) is 80.9 Å². The molecule has 3 rings (SSSR count). The van der Waals surface area contributed by atoms with Crippen molar-refractivity contribution in [2.75, 3.05) is 121 Å². The van der Waals surface area contributed by atoms with Crippen molar-refractivity contribution in [1.29, 1.82) is 0 Å². The fourth-order valence-corrected chi connectivity index (χ4v) is 14.6. The van der Waals surface area contributed by atoms with E-state index in [-0.39, 0.29) is 112 Å². The second-order valence-corrected chi connectivity index (χ2v) is 30.7. The number of carbonyl (C=O) groups is 7. The normalized spacial score (nSPS) is 27.1. The average Bonchev–Trinajstić information content (AvgIpc) is 1.68. The van der Waals surface area contributed by atoms with E-state index in [0.717, 1.165) is 37.0 Å². The number of carbonyl (C=O) groups excluding carboxylic acids is 7. The number of aliphatic hydroxyl groups is 2. The Hall–Kier alpha value is -5.37. The van der Waals surface area contributed by atoms with Crippen LogP contribution in [0.1, 0.15) is 159 Å². The van der Waals surface area contributed by atoms with Crippen LogP contribution in [0.3, 0.4) is 0 Å². The maximum Gasteiger partial charge on any atom is 0.331 e. The number of fused-ring (bicyclic) bond motifs is 1. The maximum absolute atomic E-state index is 13.8. The van der Waals surface area contributed by atoms with E-state index in [4.69, 9.17) is 52.1 Å². The number of amides is 4. The molecule has 2 saturated heterocycles. The number of aliphatic hydroxyl groups excluding tert-OH is 2. The van der Waals surface area contributed by atoms with Gasteiger partial charge >= 0.3 is 29.9 Å². The van der Waals surface area contributed by atoms with E-state index >= 15 is 0 Å². The number of esters is 4. The standard InChI is InChI=1S/C78H135N7O20S/c1-51-30-31-52(2)64(97-17)34-32-53(3)74(91)57(7)66(105-77(93)63(49-95-15)85(13)14)25-19-18-20-29-71(89)103-65(26-23-24-61(48-51)96-16)56(6)73(90)54(4)33-35-67(104-76(92)59(9)84(11)12)58(8)75(102-60(10)86)55(5)36-38-80-83-70(88)37-40-98-42-44-100-46-47-101-45-43-99-41-39-79-69(87)28-22-21-27-68-72-62(50-106-68)81-78(94)82-72/h18-20,23-24,29,31,38,51,53-59,61-68,72-75,90-91H,21-22,25-28,30,32-37,39-50H2,1-17H3,(H,79,87)(H,83,88)(H2,81,82,94)/b19-18+,24-23+,29-20+,52-31+,80-38+/t51-,53-,54+,55-,56-,57-,58+,59+,61+,62+,63+,64+,65+,66?,67-,68+,72+,73+,74-,75-/m1/s1. The molecule has 0 bridgehead atoms. The minimum atomic E-state index is -1.01. The van der Waals surface area contributed by atoms with Gasteiger partial charge in [0.2, 0.25) is 11.8 Å². The summed E-state index contributed by atoms with van der Waals surface area (Å²) < 4.78 is 64.1. The second kappa shape index (κ2) is 53.5. The quantitative estimate of drug-likeness (QED) is 0.00642. The lowest BCUT2D eigenvalue weighted by Gasteiger charge is -2.36. The van der Waals surface area contributed by atoms with Crippen molar-refractivity contribution in [3.8, 4) is 0 Å². The molecule has 20 atom stereocenters. The van der Waals surface area contributed by atoms with Crippen LogP contribution in [-0.4, -0.2) is 267 Å². The number of hydrogen-bond donors (Lipinski definition) is 6. The van der Waals surface area contributed by atoms with E-state index in [1.54, 1.807) is 77.4 Å². The van der Waals surface area contributed by atoms with Crippen LogP contribution in [0.15, 0.2) is 53.2 Å². The molecule has 28 heteroatoms. The van der Waals surface area contributed by atoms with Crippen molar-refractivity contribution >= 4 is 59.7 Å². The number of nitrogens with one attached hydrogen (secondary N) is 4. The second-order valence-electron chi connectivity index (χ2n) is 29.4. The molecule has 106 heavy (non-hydrogen) atoms. The smallest absolute Gasteiger partial charge is 0.331 e. The summed E-state index contributed by atoms with van der Waals surface area (Å²) in [6.45, 7) is 21.7. The third-order valence-electron chi connectivity index (χ3n) is 20.4. The molecule has 0 aromatic heterocycles. The molecule has 0 aromatic rings. The minimum Gasteiger partial charge on any atom is -0.462 e. The van der Waals surface area contributed by atoms with Gasteiger partial charge in [0.25, 0.3) is 0 Å². The van der Waals surface area contributed by atoms with Gasteiger partial charge in [-0.1, -0.05) is 91.3 Å². The number of urea groups is 1. The fraction of sp³-hybridized carbons (Fsp3) is 0.795. The molecule has 2 fully saturated rings. The number of allylic oxidation sites excluding steroid dienone is 3. The Balaban J connectivity index is 1.59. The first kappa shape index (κ1) is 94.8. The molecule has 1 unspecified atom stereocenters. The van der Waals surface area contributed by atoms with Crippen molar-refractivity contribution in [2.45, 2.75) is 237 Å². The van der Waals surface area contributed by atoms with Gasteiger partial charge in [0, 0.05) is 95.1 Å². The predicted molar refractivity (Wildman–Crippen MR) is 410 cm³/mol. The Kier molecular flexibility index (Phi) is 47.8. The molecule has 0 aromatic carbocycles. The van der Waals surface area contributed by atoms with Gasteiger partial charge < -0.3 is 78.3 Å². The topological polar surface area (TPSA) is 328 Å². The van der Waals surface area contributed by atoms with Gasteiger partial charge in [0.15, 0.2) is 0 Å². The van der Waals surface area contributed by atoms with Crippen molar-refractivity contribution in [3.63, 3.8) is 0 Å². The van der Waals surface area contributed by atoms with Crippen LogP contribution >= 0.6 is 11.8 Å². The lowest BCUT2D eigenvalue weighted by Crippen LogP contribution is -2.44. The van der Waals surface area contributed by atoms with Gasteiger partial charge in [0.1, 0.15) is 36.5 Å². The van der Waals surface area contributed by atoms with Crippen LogP contribution in [0.5, 0.6) is 0 Å². The number of unbranched alkanes of at least 4 members (excludes halogenated alkanes) is 1. The van der Waals surface area contributed by atoms with Crippen molar-refractivity contribution in [3.05, 3.63) is 48.1 Å². The Morgan fingerprint density at radius 2 is 1.46 bits per heavy atom. The van der Waals surface area contributed by atoms with Gasteiger partial charge in [-0.05, 0) is 129 Å². The Bertz CT molecular complexity index is 2710. The summed E-state index contributed by atoms with van der Waals surface area (Å²) in [4.78, 5) is 94.0. The molecule has 0 radical (unpaired) electrons. The molecule has 3 aliphatic rings. The number of methoxy groups -OCH3 is 3. The maximum atomic E-state index is 13.8. The highest BCUT2D eigenvalue weighted by Gasteiger charge is 2.43. The predicted octanol–water partition coefficient (Wildman–Crippen LogP) is 7.92. The SMILES string of the molecule is COC[C@@H](C(=O)OC1C/C=C/C=C/C(=O)O[C@H]([C@@H](C)[C@@H](O)[C@@H](C)CC[C@@H](OC(=O)[C@H](C)N(C)C)[C@H](C)[C@H](OC(C)=O)[C@H](C)C/C=N/NC(=O)CCOCCOCCOCCOCCNC(=O)CCCC[C@@H]2SC[C@@H]3NC(=O)N[C@@H]32)C/C=C/[C@H](OC)C[C@H](C)C/C=C(\C)[C@@H](OC)CC[C@@H](C)[C@@H](O)[C@@H]1C)N(C)C. The number of rotatable bonds is 43. The molecule has 3 aliphatic heterocycles. The summed E-state index contributed by atoms with van der Waals surface area (Å²) in [6.07, 6.45) is 16.0. The van der Waals surface area contributed by atoms with Crippen LogP contribution in [0.4, 0.5) is 4.79 Å². The number of ether oxygens (including phenoxy) is 11. The average molecular weight is 1520 g/mol. The van der Waals surface area contributed by atoms with Crippen molar-refractivity contribution in [2.24, 2.45) is 46.5 Å². The Morgan fingerprint density at radius 3 is 2.10 bits per heavy atom. The minimum absolute atomic E-state index is 0.00152. The molecule has 0 aliphatic carbocycles. The monoisotopic (exact) mass is 1520 g/mol. The third kappa shape index (κ3) is 36.9. The molecule has 27 nitrogen and oxygen atoms in total. The number of cyclic esters (lactones) is 1. The first-order valence-electron chi connectivity index (χ1n) is 38.3. The summed E-state index contributed by atoms with van der Waals surface area (Å²) >= 11 is 1.88. The van der Waals surface area contributed by atoms with Crippen molar-refractivity contribution < 1.29 is 95.9 Å². The first-order chi connectivity index (χ1) is 50.5. The molecule has 0 saturated carbocycles. The van der Waals surface area contributed by atoms with E-state index in [1.165, 1.54) is 26.3 Å². The Labute approximate surface area is 637 Å². The van der Waals surface area contributed by atoms with Gasteiger partial charge in [-0.3, -0.25) is 33.8 Å². The van der Waals surface area contributed by atoms with Crippen molar-refractivity contribution in [1.82, 2.24) is 31.2 Å². The van der Waals surface area contributed by atoms with Crippen LogP contribution in [0, 0.1) is 41.4 Å². The highest BCUT2D eigenvalue weighted by molar-refractivity contribution is 8.00. The number of hydrazone groups is 1. The molecule has 6 N–H and O–H groups in total. The third-order valence-corrected chi connectivity index (χ3v) is 22.0. The van der Waals surface area contributed by atoms with E-state index in [0.29, 0.717) is 83.5 Å². The number of thioether (sulfide) groups is 1. The van der Waals surface area contributed by atoms with Gasteiger partial charge in [0.05, 0.1) is 102 Å². The summed E-state index contributed by atoms with van der Waals surface area (Å²) in [5.41, 5.74) is 3.62. The molecular formula is C78H135N7O20S. The zero-order chi connectivity index (χ0) is 78.7. The van der Waals surface area contributed by atoms with Gasteiger partial charge in [-0.15, -0.1) is 0 Å². The summed E-state index contributed by atoms with van der Waals surface area (Å²) in [7, 11) is 12.0. The molecular weight excluding hydrogens is 1390 g/mol. The summed E-state index contributed by atoms with van der Waals surface area (Å²) in [5.74, 6) is -3.92. The molecule has 608 valence electrons. The largest absolute Gasteiger partial charge is 0.462 e. The van der Waals surface area contributed by atoms with Gasteiger partial charge in [-0.2, -0.15) is 16.9 Å². The van der Waals surface area contributed by atoms with Crippen LogP contribution in [0.2, 0.25) is 0 Å². The number of likely N-dealkylation sites (N-methyl/N-ethyl adjacent to an activating group) is 2. The van der Waals surface area contributed by atoms with Crippen LogP contribution in [0.25, 0.3) is 0 Å². The molecule has 4 amide bonds. The lowest BCUT2D eigenvalue weighted by molar-refractivity contribution is -0.167. The zero-order valence-electron chi connectivity index (χ0n) is 66.8. The van der Waals surface area contributed by atoms with E-state index in [1.807, 2.05) is 65.5 Å². The lowest BCUT2D eigenvalue weighted by atomic mass is 9.82. The Morgan fingerprint density at radius 1 is 0.783 bits per heavy atom. The number of nitrogens with zero attached hydrogens (tertiary/aromatic N) is 3. The molecule has 3 heterocycles. The zero-order valence-corrected chi connectivity index (χ0v) is 67.7. The molecule has 0 spiro atoms. The first-order valence-corrected chi connectivity index (χ1v) is 39.3. The fourth-order valence-electron chi connectivity index (χ4n) is 13.1. The van der Waals surface area contributed by atoms with Crippen LogP contribution < -0.4 is 21.4 Å². The van der Waals surface area contributed by atoms with E-state index in [9.17, 15) is 43.8 Å². The van der Waals surface area contributed by atoms with Gasteiger partial charge in [-0.25, -0.2) is 15.0 Å². The highest BCUT2D eigenvalue weighted by Crippen LogP contribution is 2.35. The van der Waals surface area contributed by atoms with E-state index < -0.39 is 96.3 Å². The summed E-state index contributed by atoms with van der Waals surface area (Å²) in [6, 6.07) is -0.986.